The molecule has 0 aliphatic carbocycles. The molecule has 2 fully saturated rings. The summed E-state index contributed by atoms with van der Waals surface area (Å²) in [6, 6.07) is 8.19. The van der Waals surface area contributed by atoms with Crippen molar-refractivity contribution in [2.45, 2.75) is 25.6 Å². The van der Waals surface area contributed by atoms with Gasteiger partial charge >= 0.3 is 5.97 Å². The highest BCUT2D eigenvalue weighted by molar-refractivity contribution is 6.05. The lowest BCUT2D eigenvalue weighted by Gasteiger charge is -2.23. The van der Waals surface area contributed by atoms with Gasteiger partial charge in [-0.2, -0.15) is 0 Å². The number of aromatic nitrogens is 1. The molecule has 1 spiro atoms. The molecule has 0 saturated carbocycles. The smallest absolute Gasteiger partial charge is 0.338 e. The quantitative estimate of drug-likeness (QED) is 0.579. The molecular weight excluding hydrogens is 402 g/mol. The van der Waals surface area contributed by atoms with E-state index in [1.165, 1.54) is 4.90 Å². The Labute approximate surface area is 178 Å². The minimum atomic E-state index is -0.858. The number of amides is 2. The fourth-order valence-corrected chi connectivity index (χ4v) is 4.64. The number of hydrogen-bond donors (Lipinski definition) is 1. The van der Waals surface area contributed by atoms with Gasteiger partial charge in [-0.25, -0.2) is 4.79 Å². The van der Waals surface area contributed by atoms with Gasteiger partial charge < -0.3 is 19.3 Å². The van der Waals surface area contributed by atoms with E-state index in [1.54, 1.807) is 44.2 Å². The largest absolute Gasteiger partial charge is 0.462 e. The number of aryl methyl sites for hydroxylation is 1. The number of carbonyl (C=O) groups excluding carboxylic acids is 3. The lowest BCUT2D eigenvalue weighted by molar-refractivity contribution is -0.128. The Morgan fingerprint density at radius 2 is 2.19 bits per heavy atom. The highest BCUT2D eigenvalue weighted by Crippen LogP contribution is 2.52. The van der Waals surface area contributed by atoms with Crippen LogP contribution in [0, 0.1) is 18.8 Å². The van der Waals surface area contributed by atoms with E-state index in [-0.39, 0.29) is 25.0 Å². The number of nitrogens with zero attached hydrogens (tertiary/aromatic N) is 2. The summed E-state index contributed by atoms with van der Waals surface area (Å²) >= 11 is 0. The van der Waals surface area contributed by atoms with E-state index >= 15 is 0 Å². The zero-order valence-corrected chi connectivity index (χ0v) is 17.0. The van der Waals surface area contributed by atoms with Crippen LogP contribution in [0.4, 0.5) is 11.5 Å². The Balaban J connectivity index is 1.38. The van der Waals surface area contributed by atoms with Crippen LogP contribution in [0.5, 0.6) is 0 Å². The normalized spacial score (nSPS) is 28.1. The minimum absolute atomic E-state index is 0.222. The molecule has 1 aromatic carbocycles. The first-order valence-corrected chi connectivity index (χ1v) is 10.1. The number of nitrogens with one attached hydrogen (secondary N) is 1. The third-order valence-corrected chi connectivity index (χ3v) is 5.94. The predicted octanol–water partition coefficient (Wildman–Crippen LogP) is 2.08. The van der Waals surface area contributed by atoms with Gasteiger partial charge in [0.05, 0.1) is 36.7 Å². The van der Waals surface area contributed by atoms with Gasteiger partial charge in [-0.3, -0.25) is 14.5 Å². The number of anilines is 2. The van der Waals surface area contributed by atoms with Crippen molar-refractivity contribution in [1.82, 2.24) is 5.16 Å². The molecule has 1 N–H and O–H groups in total. The van der Waals surface area contributed by atoms with Gasteiger partial charge in [0, 0.05) is 11.8 Å². The monoisotopic (exact) mass is 423 g/mol. The van der Waals surface area contributed by atoms with Crippen LogP contribution in [0.15, 0.2) is 47.0 Å². The van der Waals surface area contributed by atoms with Gasteiger partial charge in [-0.05, 0) is 32.0 Å². The van der Waals surface area contributed by atoms with E-state index in [2.05, 4.69) is 10.5 Å². The first kappa shape index (κ1) is 19.5. The van der Waals surface area contributed by atoms with Crippen molar-refractivity contribution in [2.75, 3.05) is 23.4 Å². The number of benzene rings is 1. The fraction of sp³-hybridized carbons (Fsp3) is 0.364. The fourth-order valence-electron chi connectivity index (χ4n) is 4.64. The molecule has 1 aromatic heterocycles. The second-order valence-corrected chi connectivity index (χ2v) is 7.91. The molecule has 2 aromatic rings. The third-order valence-electron chi connectivity index (χ3n) is 5.94. The van der Waals surface area contributed by atoms with Crippen LogP contribution < -0.4 is 10.2 Å². The number of hydrogen-bond acceptors (Lipinski definition) is 7. The first-order valence-electron chi connectivity index (χ1n) is 10.1. The number of carbonyl (C=O) groups is 3. The summed E-state index contributed by atoms with van der Waals surface area (Å²) in [6.07, 6.45) is 3.22. The zero-order valence-electron chi connectivity index (χ0n) is 17.0. The maximum atomic E-state index is 13.3. The van der Waals surface area contributed by atoms with Crippen molar-refractivity contribution in [3.05, 3.63) is 53.8 Å². The van der Waals surface area contributed by atoms with Gasteiger partial charge in [-0.15, -0.1) is 0 Å². The summed E-state index contributed by atoms with van der Waals surface area (Å²) in [5.74, 6) is -1.38. The number of ether oxygens (including phenoxy) is 2. The van der Waals surface area contributed by atoms with E-state index in [4.69, 9.17) is 14.0 Å². The Bertz CT molecular complexity index is 1110. The van der Waals surface area contributed by atoms with E-state index in [9.17, 15) is 14.4 Å². The SMILES string of the molecule is CCOC(=O)c1cccc(NC(=O)[C@@H]2[C@H]3C(=O)N(c4cc(C)on4)C[C@]34C=C[C@H]2O4)c1. The summed E-state index contributed by atoms with van der Waals surface area (Å²) in [4.78, 5) is 39.9. The van der Waals surface area contributed by atoms with E-state index < -0.39 is 29.5 Å². The molecule has 31 heavy (non-hydrogen) atoms. The van der Waals surface area contributed by atoms with Crippen molar-refractivity contribution in [3.8, 4) is 0 Å². The van der Waals surface area contributed by atoms with Crippen molar-refractivity contribution < 1.29 is 28.4 Å². The molecular formula is C22H21N3O6. The van der Waals surface area contributed by atoms with Gasteiger partial charge in [0.2, 0.25) is 11.8 Å². The maximum absolute atomic E-state index is 13.3. The van der Waals surface area contributed by atoms with E-state index in [0.29, 0.717) is 22.8 Å². The van der Waals surface area contributed by atoms with Gasteiger partial charge in [0.15, 0.2) is 5.82 Å². The standard InChI is InChI=1S/C22H21N3O6/c1-3-29-21(28)13-5-4-6-14(10-13)23-19(26)17-15-7-8-22(30-15)11-25(20(27)18(17)22)16-9-12(2)31-24-16/h4-10,15,17-18H,3,11H2,1-2H3,(H,23,26)/t15-,17+,18+,22-/m1/s1. The molecule has 3 aliphatic rings. The Morgan fingerprint density at radius 3 is 2.94 bits per heavy atom. The van der Waals surface area contributed by atoms with Crippen molar-refractivity contribution in [3.63, 3.8) is 0 Å². The molecule has 2 saturated heterocycles. The highest BCUT2D eigenvalue weighted by atomic mass is 16.5. The second-order valence-electron chi connectivity index (χ2n) is 7.91. The lowest BCUT2D eigenvalue weighted by Crippen LogP contribution is -2.41. The Kier molecular flexibility index (Phi) is 4.44. The summed E-state index contributed by atoms with van der Waals surface area (Å²) in [6.45, 7) is 4.01. The lowest BCUT2D eigenvalue weighted by atomic mass is 9.76. The average Bonchev–Trinajstić information content (AvgIpc) is 3.49. The van der Waals surface area contributed by atoms with Gasteiger partial charge in [0.1, 0.15) is 11.4 Å². The van der Waals surface area contributed by atoms with Crippen LogP contribution in [0.1, 0.15) is 23.0 Å². The highest BCUT2D eigenvalue weighted by Gasteiger charge is 2.67. The summed E-state index contributed by atoms with van der Waals surface area (Å²) < 4.78 is 16.2. The van der Waals surface area contributed by atoms with Crippen LogP contribution in [0.25, 0.3) is 0 Å². The number of rotatable bonds is 5. The second kappa shape index (κ2) is 7.05. The molecule has 9 heteroatoms. The van der Waals surface area contributed by atoms with Crippen LogP contribution >= 0.6 is 0 Å². The van der Waals surface area contributed by atoms with Crippen LogP contribution in [-0.2, 0) is 19.1 Å². The van der Waals surface area contributed by atoms with Gasteiger partial charge in [-0.1, -0.05) is 23.4 Å². The molecule has 5 rings (SSSR count). The molecule has 2 amide bonds. The molecule has 2 bridgehead atoms. The van der Waals surface area contributed by atoms with Crippen LogP contribution in [0.3, 0.4) is 0 Å². The molecule has 0 radical (unpaired) electrons. The predicted molar refractivity (Wildman–Crippen MR) is 108 cm³/mol. The molecule has 4 heterocycles. The Hall–Kier alpha value is -3.46. The molecule has 3 aliphatic heterocycles. The Morgan fingerprint density at radius 1 is 1.35 bits per heavy atom. The van der Waals surface area contributed by atoms with Crippen LogP contribution in [-0.4, -0.2) is 47.8 Å². The van der Waals surface area contributed by atoms with Crippen molar-refractivity contribution in [2.24, 2.45) is 11.8 Å². The molecule has 9 nitrogen and oxygen atoms in total. The zero-order chi connectivity index (χ0) is 21.8. The number of esters is 1. The molecule has 0 unspecified atom stereocenters. The van der Waals surface area contributed by atoms with E-state index in [1.807, 2.05) is 12.2 Å². The summed E-state index contributed by atoms with van der Waals surface area (Å²) in [7, 11) is 0. The van der Waals surface area contributed by atoms with Crippen molar-refractivity contribution in [1.29, 1.82) is 0 Å². The number of fused-ring (bicyclic) bond motifs is 1. The van der Waals surface area contributed by atoms with Crippen molar-refractivity contribution >= 4 is 29.3 Å². The van der Waals surface area contributed by atoms with E-state index in [0.717, 1.165) is 0 Å². The topological polar surface area (TPSA) is 111 Å². The summed E-state index contributed by atoms with van der Waals surface area (Å²) in [5.41, 5.74) is -0.0702. The molecule has 160 valence electrons. The van der Waals surface area contributed by atoms with Crippen LogP contribution in [0.2, 0.25) is 0 Å². The first-order chi connectivity index (χ1) is 14.9. The third kappa shape index (κ3) is 3.04. The summed E-state index contributed by atoms with van der Waals surface area (Å²) in [5, 5.41) is 6.77. The average molecular weight is 423 g/mol. The molecule has 4 atom stereocenters. The minimum Gasteiger partial charge on any atom is -0.462 e. The van der Waals surface area contributed by atoms with Gasteiger partial charge in [0.25, 0.3) is 0 Å². The maximum Gasteiger partial charge on any atom is 0.338 e.